The number of rotatable bonds is 2. The van der Waals surface area contributed by atoms with Crippen molar-refractivity contribution in [1.82, 2.24) is 0 Å². The standard InChI is InChI=1S/C12H6N2O6S/c15-13(16)7-1-3-9-11(5-7)21(19)12-6-8(14(17)18)2-4-10(12)20-9/h1-6H. The van der Waals surface area contributed by atoms with Gasteiger partial charge in [-0.25, -0.2) is 4.21 Å². The Morgan fingerprint density at radius 3 is 1.67 bits per heavy atom. The average Bonchev–Trinajstić information content (AvgIpc) is 2.46. The minimum atomic E-state index is -1.78. The molecule has 0 N–H and O–H groups in total. The molecule has 0 aromatic heterocycles. The first-order chi connectivity index (χ1) is 9.97. The van der Waals surface area contributed by atoms with Crippen molar-refractivity contribution in [3.63, 3.8) is 0 Å². The Kier molecular flexibility index (Phi) is 2.91. The fourth-order valence-electron chi connectivity index (χ4n) is 1.92. The van der Waals surface area contributed by atoms with Gasteiger partial charge in [0.15, 0.2) is 0 Å². The van der Waals surface area contributed by atoms with Crippen LogP contribution >= 0.6 is 0 Å². The second-order valence-corrected chi connectivity index (χ2v) is 5.56. The zero-order valence-corrected chi connectivity index (χ0v) is 11.0. The number of hydrogen-bond donors (Lipinski definition) is 0. The average molecular weight is 306 g/mol. The van der Waals surface area contributed by atoms with Gasteiger partial charge in [0.1, 0.15) is 11.5 Å². The summed E-state index contributed by atoms with van der Waals surface area (Å²) in [4.78, 5) is 20.5. The Hall–Kier alpha value is -2.81. The molecule has 0 spiro atoms. The lowest BCUT2D eigenvalue weighted by atomic mass is 10.2. The topological polar surface area (TPSA) is 113 Å². The Bertz CT molecular complexity index is 754. The molecule has 2 aromatic rings. The van der Waals surface area contributed by atoms with Crippen molar-refractivity contribution in [2.75, 3.05) is 0 Å². The van der Waals surface area contributed by atoms with Crippen molar-refractivity contribution in [3.8, 4) is 11.5 Å². The number of benzene rings is 2. The summed E-state index contributed by atoms with van der Waals surface area (Å²) in [5.41, 5.74) is -0.445. The van der Waals surface area contributed by atoms with Crippen molar-refractivity contribution < 1.29 is 18.8 Å². The number of nitrogens with zero attached hydrogens (tertiary/aromatic N) is 2. The number of nitro groups is 2. The SMILES string of the molecule is O=[N+]([O-])c1ccc2c(c1)S(=O)c1cc([N+](=O)[O-])ccc1O2. The van der Waals surface area contributed by atoms with E-state index in [2.05, 4.69) is 0 Å². The van der Waals surface area contributed by atoms with Gasteiger partial charge in [-0.15, -0.1) is 0 Å². The highest BCUT2D eigenvalue weighted by atomic mass is 32.2. The molecular formula is C12H6N2O6S. The summed E-state index contributed by atoms with van der Waals surface area (Å²) < 4.78 is 17.9. The number of nitro benzene ring substituents is 2. The summed E-state index contributed by atoms with van der Waals surface area (Å²) in [5.74, 6) is 0.473. The molecule has 0 saturated carbocycles. The Morgan fingerprint density at radius 2 is 1.29 bits per heavy atom. The Balaban J connectivity index is 2.14. The third-order valence-electron chi connectivity index (χ3n) is 2.90. The zero-order chi connectivity index (χ0) is 15.1. The third-order valence-corrected chi connectivity index (χ3v) is 4.33. The van der Waals surface area contributed by atoms with Gasteiger partial charge in [0.25, 0.3) is 11.4 Å². The fourth-order valence-corrected chi connectivity index (χ4v) is 3.19. The van der Waals surface area contributed by atoms with E-state index in [0.717, 1.165) is 12.1 Å². The molecule has 0 atom stereocenters. The zero-order valence-electron chi connectivity index (χ0n) is 10.2. The van der Waals surface area contributed by atoms with Gasteiger partial charge in [0.2, 0.25) is 0 Å². The molecular weight excluding hydrogens is 300 g/mol. The van der Waals surface area contributed by atoms with Gasteiger partial charge >= 0.3 is 0 Å². The fraction of sp³-hybridized carbons (Fsp3) is 0. The maximum Gasteiger partial charge on any atom is 0.270 e. The van der Waals surface area contributed by atoms with Crippen LogP contribution in [0.1, 0.15) is 0 Å². The first kappa shape index (κ1) is 13.2. The molecule has 2 aromatic carbocycles. The number of ether oxygens (including phenoxy) is 1. The van der Waals surface area contributed by atoms with Gasteiger partial charge < -0.3 is 4.74 Å². The van der Waals surface area contributed by atoms with E-state index in [1.165, 1.54) is 24.3 Å². The molecule has 0 aliphatic carbocycles. The maximum atomic E-state index is 12.4. The molecule has 1 heterocycles. The molecule has 8 nitrogen and oxygen atoms in total. The molecule has 0 fully saturated rings. The normalized spacial score (nSPS) is 13.0. The minimum absolute atomic E-state index is 0.122. The second kappa shape index (κ2) is 4.63. The number of fused-ring (bicyclic) bond motifs is 2. The minimum Gasteiger partial charge on any atom is -0.455 e. The van der Waals surface area contributed by atoms with Gasteiger partial charge in [-0.3, -0.25) is 20.2 Å². The summed E-state index contributed by atoms with van der Waals surface area (Å²) in [6, 6.07) is 7.49. The molecule has 3 rings (SSSR count). The van der Waals surface area contributed by atoms with Crippen LogP contribution in [0.3, 0.4) is 0 Å². The Morgan fingerprint density at radius 1 is 0.857 bits per heavy atom. The van der Waals surface area contributed by atoms with E-state index >= 15 is 0 Å². The molecule has 1 aliphatic heterocycles. The predicted octanol–water partition coefficient (Wildman–Crippen LogP) is 2.78. The highest BCUT2D eigenvalue weighted by molar-refractivity contribution is 7.85. The van der Waals surface area contributed by atoms with Crippen molar-refractivity contribution in [2.24, 2.45) is 0 Å². The lowest BCUT2D eigenvalue weighted by Gasteiger charge is -2.18. The first-order valence-corrected chi connectivity index (χ1v) is 6.79. The van der Waals surface area contributed by atoms with E-state index in [0.29, 0.717) is 0 Å². The van der Waals surface area contributed by atoms with Crippen molar-refractivity contribution in [3.05, 3.63) is 56.6 Å². The molecule has 0 saturated heterocycles. The molecule has 0 bridgehead atoms. The summed E-state index contributed by atoms with van der Waals surface area (Å²) >= 11 is 0. The van der Waals surface area contributed by atoms with E-state index in [1.807, 2.05) is 0 Å². The Labute approximate surface area is 119 Å². The molecule has 21 heavy (non-hydrogen) atoms. The molecule has 1 aliphatic rings. The van der Waals surface area contributed by atoms with Crippen LogP contribution in [-0.4, -0.2) is 14.1 Å². The summed E-state index contributed by atoms with van der Waals surface area (Å²) in [6.07, 6.45) is 0. The predicted molar refractivity (Wildman–Crippen MR) is 70.9 cm³/mol. The largest absolute Gasteiger partial charge is 0.455 e. The van der Waals surface area contributed by atoms with Crippen molar-refractivity contribution in [2.45, 2.75) is 9.79 Å². The lowest BCUT2D eigenvalue weighted by Crippen LogP contribution is -2.06. The van der Waals surface area contributed by atoms with Gasteiger partial charge in [0.05, 0.1) is 30.4 Å². The number of non-ortho nitro benzene ring substituents is 2. The summed E-state index contributed by atoms with van der Waals surface area (Å²) in [5, 5.41) is 21.5. The van der Waals surface area contributed by atoms with Gasteiger partial charge in [-0.2, -0.15) is 0 Å². The molecule has 0 radical (unpaired) electrons. The van der Waals surface area contributed by atoms with Crippen LogP contribution in [-0.2, 0) is 10.8 Å². The maximum absolute atomic E-state index is 12.4. The van der Waals surface area contributed by atoms with Crippen LogP contribution in [0.5, 0.6) is 11.5 Å². The van der Waals surface area contributed by atoms with E-state index in [1.54, 1.807) is 0 Å². The molecule has 0 unspecified atom stereocenters. The second-order valence-electron chi connectivity index (χ2n) is 4.15. The summed E-state index contributed by atoms with van der Waals surface area (Å²) in [6.45, 7) is 0. The van der Waals surface area contributed by atoms with Crippen molar-refractivity contribution >= 4 is 22.2 Å². The van der Waals surface area contributed by atoms with Gasteiger partial charge in [-0.1, -0.05) is 0 Å². The van der Waals surface area contributed by atoms with E-state index in [4.69, 9.17) is 4.74 Å². The van der Waals surface area contributed by atoms with Crippen LogP contribution in [0.15, 0.2) is 46.2 Å². The molecule has 0 amide bonds. The van der Waals surface area contributed by atoms with Crippen LogP contribution in [0, 0.1) is 20.2 Å². The highest BCUT2D eigenvalue weighted by Crippen LogP contribution is 2.42. The highest BCUT2D eigenvalue weighted by Gasteiger charge is 2.28. The van der Waals surface area contributed by atoms with Crippen LogP contribution in [0.4, 0.5) is 11.4 Å². The van der Waals surface area contributed by atoms with Gasteiger partial charge in [-0.05, 0) is 12.1 Å². The lowest BCUT2D eigenvalue weighted by molar-refractivity contribution is -0.385. The summed E-state index contributed by atoms with van der Waals surface area (Å²) in [7, 11) is -1.78. The molecule has 9 heteroatoms. The van der Waals surface area contributed by atoms with Gasteiger partial charge in [0, 0.05) is 24.3 Å². The molecule has 106 valence electrons. The van der Waals surface area contributed by atoms with Crippen LogP contribution in [0.2, 0.25) is 0 Å². The van der Waals surface area contributed by atoms with Crippen molar-refractivity contribution in [1.29, 1.82) is 0 Å². The van der Waals surface area contributed by atoms with Crippen LogP contribution < -0.4 is 4.74 Å². The smallest absolute Gasteiger partial charge is 0.270 e. The quantitative estimate of drug-likeness (QED) is 0.531. The third kappa shape index (κ3) is 2.13. The monoisotopic (exact) mass is 306 g/mol. The number of hydrogen-bond acceptors (Lipinski definition) is 6. The van der Waals surface area contributed by atoms with Crippen LogP contribution in [0.25, 0.3) is 0 Å². The van der Waals surface area contributed by atoms with E-state index in [-0.39, 0.29) is 32.7 Å². The first-order valence-electron chi connectivity index (χ1n) is 5.64. The van der Waals surface area contributed by atoms with E-state index < -0.39 is 20.6 Å². The van der Waals surface area contributed by atoms with E-state index in [9.17, 15) is 24.4 Å².